The summed E-state index contributed by atoms with van der Waals surface area (Å²) >= 11 is 0. The number of nitrogens with zero attached hydrogens (tertiary/aromatic N) is 2. The Balaban J connectivity index is 1.45. The van der Waals surface area contributed by atoms with Crippen molar-refractivity contribution in [3.8, 4) is 17.2 Å². The van der Waals surface area contributed by atoms with Crippen molar-refractivity contribution in [3.05, 3.63) is 89.7 Å². The number of hydrogen-bond donors (Lipinski definition) is 1. The van der Waals surface area contributed by atoms with E-state index in [0.717, 1.165) is 42.6 Å². The molecule has 1 saturated heterocycles. The Morgan fingerprint density at radius 3 is 2.45 bits per heavy atom. The molecular weight excluding hydrogens is 358 g/mol. The summed E-state index contributed by atoms with van der Waals surface area (Å²) in [6.07, 6.45) is 5.88. The number of nitriles is 1. The molecule has 0 aliphatic carbocycles. The molecule has 2 aromatic carbocycles. The summed E-state index contributed by atoms with van der Waals surface area (Å²) in [5, 5.41) is 12.4. The van der Waals surface area contributed by atoms with Crippen molar-refractivity contribution in [2.45, 2.75) is 24.9 Å². The second-order valence-corrected chi connectivity index (χ2v) is 7.66. The molecule has 2 heterocycles. The molecule has 1 aromatic heterocycles. The van der Waals surface area contributed by atoms with Crippen molar-refractivity contribution in [1.82, 2.24) is 10.3 Å². The lowest BCUT2D eigenvalue weighted by atomic mass is 9.74. The molecule has 1 N–H and O–H groups in total. The van der Waals surface area contributed by atoms with Gasteiger partial charge in [-0.15, -0.1) is 0 Å². The second kappa shape index (κ2) is 9.00. The van der Waals surface area contributed by atoms with E-state index in [9.17, 15) is 0 Å². The number of rotatable bonds is 6. The molecule has 0 radical (unpaired) electrons. The van der Waals surface area contributed by atoms with Crippen LogP contribution in [0, 0.1) is 11.3 Å². The molecule has 0 bridgehead atoms. The molecule has 0 spiro atoms. The fourth-order valence-electron chi connectivity index (χ4n) is 4.04. The van der Waals surface area contributed by atoms with E-state index in [2.05, 4.69) is 52.8 Å². The summed E-state index contributed by atoms with van der Waals surface area (Å²) in [6, 6.07) is 22.6. The van der Waals surface area contributed by atoms with E-state index in [0.29, 0.717) is 18.8 Å². The molecule has 146 valence electrons. The van der Waals surface area contributed by atoms with Crippen LogP contribution in [-0.2, 0) is 16.8 Å². The molecule has 0 saturated carbocycles. The number of ether oxygens (including phenoxy) is 1. The van der Waals surface area contributed by atoms with Crippen LogP contribution in [0.1, 0.15) is 29.5 Å². The molecule has 0 atom stereocenters. The Kier molecular flexibility index (Phi) is 6.00. The SMILES string of the molecule is N#Cc1ccc(-c2cncc(COCC3(c4ccccc4)CCNCC3)c2)cc1. The molecule has 1 aliphatic heterocycles. The van der Waals surface area contributed by atoms with Crippen molar-refractivity contribution < 1.29 is 4.74 Å². The summed E-state index contributed by atoms with van der Waals surface area (Å²) in [7, 11) is 0. The van der Waals surface area contributed by atoms with Gasteiger partial charge in [0.2, 0.25) is 0 Å². The smallest absolute Gasteiger partial charge is 0.0991 e. The zero-order chi connectivity index (χ0) is 19.9. The molecule has 4 nitrogen and oxygen atoms in total. The maximum atomic E-state index is 8.97. The standard InChI is InChI=1S/C25H25N3O/c26-15-20-6-8-22(9-7-20)23-14-21(16-28-17-23)18-29-19-25(10-12-27-13-11-25)24-4-2-1-3-5-24/h1-9,14,16-17,27H,10-13,18-19H2. The lowest BCUT2D eigenvalue weighted by molar-refractivity contribution is 0.0564. The molecule has 0 amide bonds. The molecule has 1 fully saturated rings. The van der Waals surface area contributed by atoms with E-state index < -0.39 is 0 Å². The summed E-state index contributed by atoms with van der Waals surface area (Å²) in [6.45, 7) is 3.29. The first kappa shape index (κ1) is 19.3. The van der Waals surface area contributed by atoms with Gasteiger partial charge in [-0.25, -0.2) is 0 Å². The van der Waals surface area contributed by atoms with Crippen molar-refractivity contribution >= 4 is 0 Å². The van der Waals surface area contributed by atoms with Crippen LogP contribution in [0.25, 0.3) is 11.1 Å². The number of hydrogen-bond acceptors (Lipinski definition) is 4. The number of aromatic nitrogens is 1. The van der Waals surface area contributed by atoms with Crippen LogP contribution in [0.2, 0.25) is 0 Å². The quantitative estimate of drug-likeness (QED) is 0.683. The fraction of sp³-hybridized carbons (Fsp3) is 0.280. The lowest BCUT2D eigenvalue weighted by Crippen LogP contribution is -2.43. The average Bonchev–Trinajstić information content (AvgIpc) is 2.80. The van der Waals surface area contributed by atoms with Gasteiger partial charge in [-0.05, 0) is 60.8 Å². The number of nitrogens with one attached hydrogen (secondary N) is 1. The van der Waals surface area contributed by atoms with E-state index in [1.54, 1.807) is 0 Å². The number of benzene rings is 2. The second-order valence-electron chi connectivity index (χ2n) is 7.66. The minimum Gasteiger partial charge on any atom is -0.376 e. The Morgan fingerprint density at radius 1 is 0.966 bits per heavy atom. The Hall–Kier alpha value is -3.00. The van der Waals surface area contributed by atoms with Gasteiger partial charge in [0.1, 0.15) is 0 Å². The molecule has 1 aliphatic rings. The topological polar surface area (TPSA) is 57.9 Å². The highest BCUT2D eigenvalue weighted by Gasteiger charge is 2.34. The van der Waals surface area contributed by atoms with Crippen molar-refractivity contribution in [2.24, 2.45) is 0 Å². The van der Waals surface area contributed by atoms with Gasteiger partial charge < -0.3 is 10.1 Å². The minimum absolute atomic E-state index is 0.0741. The first-order chi connectivity index (χ1) is 14.3. The van der Waals surface area contributed by atoms with E-state index >= 15 is 0 Å². The average molecular weight is 383 g/mol. The minimum atomic E-state index is 0.0741. The van der Waals surface area contributed by atoms with Crippen LogP contribution in [0.15, 0.2) is 73.1 Å². The molecule has 3 aromatic rings. The van der Waals surface area contributed by atoms with Crippen molar-refractivity contribution in [1.29, 1.82) is 5.26 Å². The largest absolute Gasteiger partial charge is 0.376 e. The molecular formula is C25H25N3O. The third kappa shape index (κ3) is 4.54. The zero-order valence-electron chi connectivity index (χ0n) is 16.5. The highest BCUT2D eigenvalue weighted by atomic mass is 16.5. The monoisotopic (exact) mass is 383 g/mol. The van der Waals surface area contributed by atoms with Gasteiger partial charge in [0.05, 0.1) is 24.8 Å². The van der Waals surface area contributed by atoms with Gasteiger partial charge in [-0.3, -0.25) is 4.98 Å². The highest BCUT2D eigenvalue weighted by molar-refractivity contribution is 5.63. The van der Waals surface area contributed by atoms with Gasteiger partial charge in [-0.2, -0.15) is 5.26 Å². The third-order valence-electron chi connectivity index (χ3n) is 5.74. The van der Waals surface area contributed by atoms with Crippen LogP contribution >= 0.6 is 0 Å². The summed E-state index contributed by atoms with van der Waals surface area (Å²) in [4.78, 5) is 4.39. The van der Waals surface area contributed by atoms with E-state index in [4.69, 9.17) is 10.00 Å². The Labute approximate surface area is 172 Å². The molecule has 4 rings (SSSR count). The van der Waals surface area contributed by atoms with Crippen molar-refractivity contribution in [2.75, 3.05) is 19.7 Å². The number of piperidine rings is 1. The first-order valence-electron chi connectivity index (χ1n) is 10.1. The summed E-state index contributed by atoms with van der Waals surface area (Å²) < 4.78 is 6.23. The Bertz CT molecular complexity index is 971. The van der Waals surface area contributed by atoms with Crippen molar-refractivity contribution in [3.63, 3.8) is 0 Å². The molecule has 29 heavy (non-hydrogen) atoms. The lowest BCUT2D eigenvalue weighted by Gasteiger charge is -2.38. The van der Waals surface area contributed by atoms with Gasteiger partial charge in [0.25, 0.3) is 0 Å². The zero-order valence-corrected chi connectivity index (χ0v) is 16.5. The first-order valence-corrected chi connectivity index (χ1v) is 10.1. The predicted molar refractivity (Wildman–Crippen MR) is 114 cm³/mol. The van der Waals surface area contributed by atoms with Crippen LogP contribution in [0.4, 0.5) is 0 Å². The predicted octanol–water partition coefficient (Wildman–Crippen LogP) is 4.46. The maximum absolute atomic E-state index is 8.97. The van der Waals surface area contributed by atoms with E-state index in [-0.39, 0.29) is 5.41 Å². The van der Waals surface area contributed by atoms with E-state index in [1.165, 1.54) is 5.56 Å². The van der Waals surface area contributed by atoms with Gasteiger partial charge in [0.15, 0.2) is 0 Å². The highest BCUT2D eigenvalue weighted by Crippen LogP contribution is 2.34. The summed E-state index contributed by atoms with van der Waals surface area (Å²) in [5.41, 5.74) is 5.25. The third-order valence-corrected chi connectivity index (χ3v) is 5.74. The van der Waals surface area contributed by atoms with Gasteiger partial charge >= 0.3 is 0 Å². The number of pyridine rings is 1. The Morgan fingerprint density at radius 2 is 1.72 bits per heavy atom. The van der Waals surface area contributed by atoms with Crippen LogP contribution in [0.3, 0.4) is 0 Å². The summed E-state index contributed by atoms with van der Waals surface area (Å²) in [5.74, 6) is 0. The molecule has 4 heteroatoms. The fourth-order valence-corrected chi connectivity index (χ4v) is 4.04. The van der Waals surface area contributed by atoms with Crippen LogP contribution in [-0.4, -0.2) is 24.7 Å². The van der Waals surface area contributed by atoms with Gasteiger partial charge in [-0.1, -0.05) is 42.5 Å². The van der Waals surface area contributed by atoms with Crippen LogP contribution < -0.4 is 5.32 Å². The maximum Gasteiger partial charge on any atom is 0.0991 e. The molecule has 0 unspecified atom stereocenters. The van der Waals surface area contributed by atoms with Gasteiger partial charge in [0, 0.05) is 23.4 Å². The van der Waals surface area contributed by atoms with E-state index in [1.807, 2.05) is 36.7 Å². The normalized spacial score (nSPS) is 15.6. The van der Waals surface area contributed by atoms with Crippen LogP contribution in [0.5, 0.6) is 0 Å².